The second-order valence-electron chi connectivity index (χ2n) is 4.18. The maximum Gasteiger partial charge on any atom is 0.254 e. The van der Waals surface area contributed by atoms with E-state index < -0.39 is 9.84 Å². The minimum absolute atomic E-state index is 0.114. The molecule has 0 saturated carbocycles. The standard InChI is InChI=1S/C13H10N2O4S/c1-9-2-4-10(5-3-9)20(16,17)13-12(14-8-18-13)11-6-7-15-19-11/h2-8H,1H3. The van der Waals surface area contributed by atoms with Gasteiger partial charge in [-0.2, -0.15) is 0 Å². The second kappa shape index (κ2) is 4.61. The molecule has 0 atom stereocenters. The first-order chi connectivity index (χ1) is 9.59. The Morgan fingerprint density at radius 3 is 2.50 bits per heavy atom. The third-order valence-corrected chi connectivity index (χ3v) is 4.45. The van der Waals surface area contributed by atoms with Gasteiger partial charge in [-0.05, 0) is 19.1 Å². The topological polar surface area (TPSA) is 86.2 Å². The van der Waals surface area contributed by atoms with Crippen LogP contribution in [0.2, 0.25) is 0 Å². The monoisotopic (exact) mass is 290 g/mol. The van der Waals surface area contributed by atoms with E-state index in [1.807, 2.05) is 6.92 Å². The smallest absolute Gasteiger partial charge is 0.254 e. The molecule has 0 N–H and O–H groups in total. The van der Waals surface area contributed by atoms with Crippen molar-refractivity contribution in [1.29, 1.82) is 0 Å². The lowest BCUT2D eigenvalue weighted by Crippen LogP contribution is -2.02. The van der Waals surface area contributed by atoms with Gasteiger partial charge in [0.1, 0.15) is 0 Å². The molecule has 0 spiro atoms. The van der Waals surface area contributed by atoms with Crippen LogP contribution in [0.25, 0.3) is 11.5 Å². The summed E-state index contributed by atoms with van der Waals surface area (Å²) in [5, 5.41) is 3.28. The van der Waals surface area contributed by atoms with Crippen LogP contribution in [0.1, 0.15) is 5.56 Å². The number of rotatable bonds is 3. The van der Waals surface area contributed by atoms with Crippen LogP contribution in [0, 0.1) is 6.92 Å². The first-order valence-electron chi connectivity index (χ1n) is 5.75. The van der Waals surface area contributed by atoms with Gasteiger partial charge >= 0.3 is 0 Å². The van der Waals surface area contributed by atoms with Crippen LogP contribution >= 0.6 is 0 Å². The Balaban J connectivity index is 2.14. The highest BCUT2D eigenvalue weighted by molar-refractivity contribution is 7.91. The van der Waals surface area contributed by atoms with Crippen molar-refractivity contribution in [2.75, 3.05) is 0 Å². The van der Waals surface area contributed by atoms with Gasteiger partial charge in [-0.1, -0.05) is 22.9 Å². The molecule has 20 heavy (non-hydrogen) atoms. The number of aromatic nitrogens is 2. The molecule has 0 bridgehead atoms. The maximum absolute atomic E-state index is 12.5. The molecular formula is C13H10N2O4S. The van der Waals surface area contributed by atoms with Crippen molar-refractivity contribution in [1.82, 2.24) is 10.1 Å². The van der Waals surface area contributed by atoms with Crippen molar-refractivity contribution in [2.24, 2.45) is 0 Å². The predicted molar refractivity (Wildman–Crippen MR) is 68.6 cm³/mol. The highest BCUT2D eigenvalue weighted by atomic mass is 32.2. The summed E-state index contributed by atoms with van der Waals surface area (Å²) >= 11 is 0. The largest absolute Gasteiger partial charge is 0.431 e. The number of hydrogen-bond acceptors (Lipinski definition) is 6. The van der Waals surface area contributed by atoms with Crippen LogP contribution in [0.3, 0.4) is 0 Å². The predicted octanol–water partition coefficient (Wildman–Crippen LogP) is 2.47. The molecule has 0 unspecified atom stereocenters. The minimum Gasteiger partial charge on any atom is -0.431 e. The zero-order valence-electron chi connectivity index (χ0n) is 10.5. The molecule has 0 aliphatic carbocycles. The van der Waals surface area contributed by atoms with Crippen LogP contribution < -0.4 is 0 Å². The minimum atomic E-state index is -3.79. The average Bonchev–Trinajstić information content (AvgIpc) is 3.10. The maximum atomic E-state index is 12.5. The highest BCUT2D eigenvalue weighted by Crippen LogP contribution is 2.30. The van der Waals surface area contributed by atoms with E-state index in [-0.39, 0.29) is 21.4 Å². The van der Waals surface area contributed by atoms with Crippen molar-refractivity contribution in [2.45, 2.75) is 16.9 Å². The van der Waals surface area contributed by atoms with Crippen molar-refractivity contribution >= 4 is 9.84 Å². The summed E-state index contributed by atoms with van der Waals surface area (Å²) in [5.74, 6) is 0.240. The molecule has 0 aliphatic rings. The normalized spacial score (nSPS) is 11.7. The summed E-state index contributed by atoms with van der Waals surface area (Å²) in [6.45, 7) is 1.88. The Kier molecular flexibility index (Phi) is 2.90. The summed E-state index contributed by atoms with van der Waals surface area (Å²) in [4.78, 5) is 4.03. The Labute approximate surface area is 115 Å². The quantitative estimate of drug-likeness (QED) is 0.736. The van der Waals surface area contributed by atoms with Gasteiger partial charge in [-0.3, -0.25) is 0 Å². The van der Waals surface area contributed by atoms with Crippen molar-refractivity contribution in [3.05, 3.63) is 48.5 Å². The molecule has 0 radical (unpaired) electrons. The molecular weight excluding hydrogens is 280 g/mol. The number of nitrogens with zero attached hydrogens (tertiary/aromatic N) is 2. The summed E-state index contributed by atoms with van der Waals surface area (Å²) < 4.78 is 35.0. The third kappa shape index (κ3) is 2.01. The summed E-state index contributed by atoms with van der Waals surface area (Å²) in [5.41, 5.74) is 1.08. The van der Waals surface area contributed by atoms with Crippen LogP contribution in [0.5, 0.6) is 0 Å². The molecule has 2 aromatic heterocycles. The van der Waals surface area contributed by atoms with Gasteiger partial charge in [0.05, 0.1) is 11.1 Å². The van der Waals surface area contributed by atoms with E-state index in [1.54, 1.807) is 12.1 Å². The Bertz CT molecular complexity index is 818. The van der Waals surface area contributed by atoms with Crippen LogP contribution in [0.15, 0.2) is 61.9 Å². The van der Waals surface area contributed by atoms with Crippen LogP contribution in [-0.2, 0) is 9.84 Å². The van der Waals surface area contributed by atoms with Gasteiger partial charge in [-0.15, -0.1) is 0 Å². The molecule has 0 aliphatic heterocycles. The zero-order chi connectivity index (χ0) is 14.2. The van der Waals surface area contributed by atoms with E-state index in [0.717, 1.165) is 12.0 Å². The van der Waals surface area contributed by atoms with Gasteiger partial charge in [0, 0.05) is 6.07 Å². The average molecular weight is 290 g/mol. The fraction of sp³-hybridized carbons (Fsp3) is 0.0769. The number of hydrogen-bond donors (Lipinski definition) is 0. The second-order valence-corrected chi connectivity index (χ2v) is 6.03. The van der Waals surface area contributed by atoms with E-state index in [2.05, 4.69) is 10.1 Å². The van der Waals surface area contributed by atoms with Gasteiger partial charge in [0.25, 0.3) is 5.09 Å². The van der Waals surface area contributed by atoms with Crippen molar-refractivity contribution in [3.63, 3.8) is 0 Å². The third-order valence-electron chi connectivity index (χ3n) is 2.78. The van der Waals surface area contributed by atoms with E-state index in [1.165, 1.54) is 24.4 Å². The molecule has 0 fully saturated rings. The Morgan fingerprint density at radius 2 is 1.85 bits per heavy atom. The fourth-order valence-corrected chi connectivity index (χ4v) is 3.04. The molecule has 3 rings (SSSR count). The van der Waals surface area contributed by atoms with Gasteiger partial charge < -0.3 is 8.94 Å². The molecule has 3 aromatic rings. The highest BCUT2D eigenvalue weighted by Gasteiger charge is 2.28. The molecule has 0 amide bonds. The molecule has 7 heteroatoms. The SMILES string of the molecule is Cc1ccc(S(=O)(=O)c2ocnc2-c2ccno2)cc1. The van der Waals surface area contributed by atoms with Gasteiger partial charge in [0.2, 0.25) is 9.84 Å². The first-order valence-corrected chi connectivity index (χ1v) is 7.23. The van der Waals surface area contributed by atoms with E-state index in [4.69, 9.17) is 8.94 Å². The van der Waals surface area contributed by atoms with Gasteiger partial charge in [-0.25, -0.2) is 13.4 Å². The molecule has 6 nitrogen and oxygen atoms in total. The lowest BCUT2D eigenvalue weighted by atomic mass is 10.2. The Hall–Kier alpha value is -2.41. The lowest BCUT2D eigenvalue weighted by molar-refractivity contribution is 0.422. The fourth-order valence-electron chi connectivity index (χ4n) is 1.75. The summed E-state index contributed by atoms with van der Waals surface area (Å²) in [6.07, 6.45) is 2.48. The van der Waals surface area contributed by atoms with Crippen molar-refractivity contribution in [3.8, 4) is 11.5 Å². The van der Waals surface area contributed by atoms with E-state index >= 15 is 0 Å². The van der Waals surface area contributed by atoms with Crippen LogP contribution in [0.4, 0.5) is 0 Å². The first kappa shape index (κ1) is 12.6. The number of aryl methyl sites for hydroxylation is 1. The van der Waals surface area contributed by atoms with Crippen LogP contribution in [-0.4, -0.2) is 18.6 Å². The Morgan fingerprint density at radius 1 is 1.10 bits per heavy atom. The molecule has 1 aromatic carbocycles. The summed E-state index contributed by atoms with van der Waals surface area (Å²) in [6, 6.07) is 8.01. The number of sulfone groups is 1. The molecule has 2 heterocycles. The van der Waals surface area contributed by atoms with Gasteiger partial charge in [0.15, 0.2) is 17.8 Å². The lowest BCUT2D eigenvalue weighted by Gasteiger charge is -2.02. The van der Waals surface area contributed by atoms with E-state index in [9.17, 15) is 8.42 Å². The molecule has 102 valence electrons. The van der Waals surface area contributed by atoms with E-state index in [0.29, 0.717) is 0 Å². The summed E-state index contributed by atoms with van der Waals surface area (Å²) in [7, 11) is -3.79. The van der Waals surface area contributed by atoms with Crippen molar-refractivity contribution < 1.29 is 17.4 Å². The zero-order valence-corrected chi connectivity index (χ0v) is 11.3. The number of oxazole rings is 1. The number of benzene rings is 1. The molecule has 0 saturated heterocycles.